The maximum atomic E-state index is 9.47. The molecule has 76 valence electrons. The number of nitrogens with two attached hydrogens (primary N) is 1. The summed E-state index contributed by atoms with van der Waals surface area (Å²) in [5.74, 6) is 0. The Kier molecular flexibility index (Phi) is 2.57. The van der Waals surface area contributed by atoms with Gasteiger partial charge in [0.2, 0.25) is 0 Å². The molecule has 0 radical (unpaired) electrons. The summed E-state index contributed by atoms with van der Waals surface area (Å²) >= 11 is 0. The van der Waals surface area contributed by atoms with Crippen molar-refractivity contribution < 1.29 is 5.11 Å². The summed E-state index contributed by atoms with van der Waals surface area (Å²) in [5, 5.41) is 9.47. The van der Waals surface area contributed by atoms with E-state index in [0.29, 0.717) is 6.54 Å². The predicted octanol–water partition coefficient (Wildman–Crippen LogP) is 1.56. The van der Waals surface area contributed by atoms with Crippen LogP contribution in [-0.2, 0) is 12.0 Å². The van der Waals surface area contributed by atoms with E-state index in [-0.39, 0.29) is 12.0 Å². The van der Waals surface area contributed by atoms with Crippen LogP contribution in [0, 0.1) is 0 Å². The van der Waals surface area contributed by atoms with Crippen molar-refractivity contribution >= 4 is 0 Å². The smallest absolute Gasteiger partial charge is 0.0528 e. The second-order valence-electron chi connectivity index (χ2n) is 4.15. The lowest BCUT2D eigenvalue weighted by atomic mass is 9.64. The molecule has 2 rings (SSSR count). The third kappa shape index (κ3) is 1.35. The Hall–Kier alpha value is -0.860. The van der Waals surface area contributed by atoms with Crippen molar-refractivity contribution in [2.45, 2.75) is 31.2 Å². The quantitative estimate of drug-likeness (QED) is 0.761. The highest BCUT2D eigenvalue weighted by Gasteiger charge is 2.38. The summed E-state index contributed by atoms with van der Waals surface area (Å²) in [6.07, 6.45) is 3.42. The molecule has 0 amide bonds. The molecule has 2 nitrogen and oxygen atoms in total. The molecule has 14 heavy (non-hydrogen) atoms. The van der Waals surface area contributed by atoms with Gasteiger partial charge in [0.05, 0.1) is 6.61 Å². The molecule has 2 heteroatoms. The van der Waals surface area contributed by atoms with Crippen LogP contribution in [0.4, 0.5) is 0 Å². The van der Waals surface area contributed by atoms with E-state index in [2.05, 4.69) is 12.1 Å². The van der Waals surface area contributed by atoms with Gasteiger partial charge in [-0.05, 0) is 24.0 Å². The Labute approximate surface area is 84.7 Å². The molecule has 1 aliphatic carbocycles. The molecule has 1 aromatic carbocycles. The monoisotopic (exact) mass is 191 g/mol. The lowest BCUT2D eigenvalue weighted by Gasteiger charge is -2.42. The fourth-order valence-electron chi connectivity index (χ4n) is 2.33. The molecule has 0 atom stereocenters. The Morgan fingerprint density at radius 2 is 2.00 bits per heavy atom. The highest BCUT2D eigenvalue weighted by atomic mass is 16.3. The Morgan fingerprint density at radius 1 is 1.29 bits per heavy atom. The van der Waals surface area contributed by atoms with Gasteiger partial charge in [-0.3, -0.25) is 0 Å². The molecule has 0 aromatic heterocycles. The molecule has 0 saturated heterocycles. The molecule has 0 spiro atoms. The lowest BCUT2D eigenvalue weighted by molar-refractivity contribution is 0.119. The van der Waals surface area contributed by atoms with Crippen molar-refractivity contribution in [1.82, 2.24) is 0 Å². The van der Waals surface area contributed by atoms with Crippen molar-refractivity contribution in [3.8, 4) is 0 Å². The van der Waals surface area contributed by atoms with Gasteiger partial charge in [0.25, 0.3) is 0 Å². The first kappa shape index (κ1) is 9.69. The van der Waals surface area contributed by atoms with E-state index in [4.69, 9.17) is 5.73 Å². The SMILES string of the molecule is NCc1ccccc1C1(CO)CCC1. The number of aliphatic hydroxyl groups is 1. The lowest BCUT2D eigenvalue weighted by Crippen LogP contribution is -2.39. The molecular weight excluding hydrogens is 174 g/mol. The summed E-state index contributed by atoms with van der Waals surface area (Å²) in [7, 11) is 0. The minimum Gasteiger partial charge on any atom is -0.395 e. The molecule has 1 aliphatic rings. The first-order valence-corrected chi connectivity index (χ1v) is 5.22. The topological polar surface area (TPSA) is 46.2 Å². The van der Waals surface area contributed by atoms with E-state index >= 15 is 0 Å². The molecule has 0 heterocycles. The molecule has 0 unspecified atom stereocenters. The first-order valence-electron chi connectivity index (χ1n) is 5.22. The van der Waals surface area contributed by atoms with Gasteiger partial charge in [0.1, 0.15) is 0 Å². The van der Waals surface area contributed by atoms with Gasteiger partial charge in [-0.25, -0.2) is 0 Å². The largest absolute Gasteiger partial charge is 0.395 e. The zero-order valence-corrected chi connectivity index (χ0v) is 8.37. The second kappa shape index (κ2) is 3.71. The minimum atomic E-state index is 0.0238. The van der Waals surface area contributed by atoms with Gasteiger partial charge in [0, 0.05) is 12.0 Å². The summed E-state index contributed by atoms with van der Waals surface area (Å²) in [6.45, 7) is 0.821. The van der Waals surface area contributed by atoms with Crippen LogP contribution in [0.2, 0.25) is 0 Å². The Bertz CT molecular complexity index is 312. The van der Waals surface area contributed by atoms with Crippen LogP contribution in [0.25, 0.3) is 0 Å². The van der Waals surface area contributed by atoms with Gasteiger partial charge in [0.15, 0.2) is 0 Å². The van der Waals surface area contributed by atoms with Crippen LogP contribution in [-0.4, -0.2) is 11.7 Å². The van der Waals surface area contributed by atoms with Crippen LogP contribution in [0.15, 0.2) is 24.3 Å². The third-order valence-electron chi connectivity index (χ3n) is 3.42. The molecule has 0 aliphatic heterocycles. The van der Waals surface area contributed by atoms with Gasteiger partial charge >= 0.3 is 0 Å². The normalized spacial score (nSPS) is 19.0. The van der Waals surface area contributed by atoms with E-state index in [0.717, 1.165) is 12.8 Å². The zero-order valence-electron chi connectivity index (χ0n) is 8.37. The van der Waals surface area contributed by atoms with E-state index in [1.54, 1.807) is 0 Å². The number of benzene rings is 1. The van der Waals surface area contributed by atoms with Crippen LogP contribution in [0.1, 0.15) is 30.4 Å². The van der Waals surface area contributed by atoms with Crippen molar-refractivity contribution in [3.05, 3.63) is 35.4 Å². The standard InChI is InChI=1S/C12H17NO/c13-8-10-4-1-2-5-11(10)12(9-14)6-3-7-12/h1-2,4-5,14H,3,6-9,13H2. The number of rotatable bonds is 3. The predicted molar refractivity (Wildman–Crippen MR) is 56.9 cm³/mol. The maximum absolute atomic E-state index is 9.47. The number of hydrogen-bond acceptors (Lipinski definition) is 2. The van der Waals surface area contributed by atoms with Crippen molar-refractivity contribution in [2.75, 3.05) is 6.61 Å². The number of hydrogen-bond donors (Lipinski definition) is 2. The average Bonchev–Trinajstić information content (AvgIpc) is 2.18. The Morgan fingerprint density at radius 3 is 2.50 bits per heavy atom. The molecular formula is C12H17NO. The second-order valence-corrected chi connectivity index (χ2v) is 4.15. The highest BCUT2D eigenvalue weighted by Crippen LogP contribution is 2.44. The summed E-state index contributed by atoms with van der Waals surface area (Å²) in [4.78, 5) is 0. The molecule has 1 saturated carbocycles. The van der Waals surface area contributed by atoms with Crippen molar-refractivity contribution in [3.63, 3.8) is 0 Å². The maximum Gasteiger partial charge on any atom is 0.0528 e. The minimum absolute atomic E-state index is 0.0238. The number of aliphatic hydroxyl groups excluding tert-OH is 1. The molecule has 3 N–H and O–H groups in total. The van der Waals surface area contributed by atoms with Crippen LogP contribution >= 0.6 is 0 Å². The zero-order chi connectivity index (χ0) is 10.0. The van der Waals surface area contributed by atoms with E-state index in [1.165, 1.54) is 17.5 Å². The molecule has 0 bridgehead atoms. The van der Waals surface area contributed by atoms with Crippen LogP contribution < -0.4 is 5.73 Å². The summed E-state index contributed by atoms with van der Waals surface area (Å²) < 4.78 is 0. The fourth-order valence-corrected chi connectivity index (χ4v) is 2.33. The highest BCUT2D eigenvalue weighted by molar-refractivity contribution is 5.36. The molecule has 1 fully saturated rings. The van der Waals surface area contributed by atoms with Crippen molar-refractivity contribution in [2.24, 2.45) is 5.73 Å². The van der Waals surface area contributed by atoms with E-state index in [1.807, 2.05) is 12.1 Å². The van der Waals surface area contributed by atoms with Gasteiger partial charge in [-0.1, -0.05) is 30.7 Å². The Balaban J connectivity index is 2.38. The third-order valence-corrected chi connectivity index (χ3v) is 3.42. The van der Waals surface area contributed by atoms with Gasteiger partial charge in [-0.15, -0.1) is 0 Å². The summed E-state index contributed by atoms with van der Waals surface area (Å²) in [6, 6.07) is 8.21. The fraction of sp³-hybridized carbons (Fsp3) is 0.500. The summed E-state index contributed by atoms with van der Waals surface area (Å²) in [5.41, 5.74) is 8.17. The average molecular weight is 191 g/mol. The van der Waals surface area contributed by atoms with Crippen molar-refractivity contribution in [1.29, 1.82) is 0 Å². The van der Waals surface area contributed by atoms with Crippen LogP contribution in [0.3, 0.4) is 0 Å². The van der Waals surface area contributed by atoms with E-state index in [9.17, 15) is 5.11 Å². The van der Waals surface area contributed by atoms with Crippen LogP contribution in [0.5, 0.6) is 0 Å². The van der Waals surface area contributed by atoms with E-state index < -0.39 is 0 Å². The molecule has 1 aromatic rings. The van der Waals surface area contributed by atoms with Gasteiger partial charge < -0.3 is 10.8 Å². The van der Waals surface area contributed by atoms with Gasteiger partial charge in [-0.2, -0.15) is 0 Å². The first-order chi connectivity index (χ1) is 6.82.